The van der Waals surface area contributed by atoms with E-state index in [2.05, 4.69) is 24.0 Å². The van der Waals surface area contributed by atoms with Gasteiger partial charge >= 0.3 is 0 Å². The number of benzene rings is 2. The lowest BCUT2D eigenvalue weighted by Gasteiger charge is -2.22. The third-order valence-electron chi connectivity index (χ3n) is 4.19. The van der Waals surface area contributed by atoms with E-state index in [1.54, 1.807) is 4.90 Å². The summed E-state index contributed by atoms with van der Waals surface area (Å²) < 4.78 is 14.3. The number of aryl methyl sites for hydroxylation is 1. The van der Waals surface area contributed by atoms with E-state index in [0.29, 0.717) is 23.8 Å². The summed E-state index contributed by atoms with van der Waals surface area (Å²) in [5.74, 6) is -0.518. The molecule has 0 radical (unpaired) electrons. The molecule has 6 heteroatoms. The molecule has 0 aliphatic rings. The summed E-state index contributed by atoms with van der Waals surface area (Å²) >= 11 is 1.51. The lowest BCUT2D eigenvalue weighted by atomic mass is 10.2. The van der Waals surface area contributed by atoms with Crippen LogP contribution >= 0.6 is 11.3 Å². The molecule has 0 fully saturated rings. The van der Waals surface area contributed by atoms with E-state index in [1.807, 2.05) is 25.1 Å². The normalized spacial score (nSPS) is 11.3. The van der Waals surface area contributed by atoms with Gasteiger partial charge in [0.2, 0.25) is 0 Å². The first-order valence-electron chi connectivity index (χ1n) is 8.59. The summed E-state index contributed by atoms with van der Waals surface area (Å²) in [4.78, 5) is 21.4. The standard InChI is InChI=1S/C20H22FN3OS/c1-4-14-5-10-17-18(13-14)26-20(22-17)24(12-11-23(2)3)19(25)15-6-8-16(21)9-7-15/h5-10,13H,4,11-12H2,1-3H3. The van der Waals surface area contributed by atoms with Gasteiger partial charge in [-0.15, -0.1) is 0 Å². The molecule has 0 saturated heterocycles. The van der Waals surface area contributed by atoms with Crippen LogP contribution in [0.15, 0.2) is 42.5 Å². The van der Waals surface area contributed by atoms with Gasteiger partial charge in [0.05, 0.1) is 10.2 Å². The number of carbonyl (C=O) groups is 1. The summed E-state index contributed by atoms with van der Waals surface area (Å²) in [5.41, 5.74) is 2.60. The van der Waals surface area contributed by atoms with Gasteiger partial charge in [0.25, 0.3) is 5.91 Å². The molecule has 0 atom stereocenters. The number of amides is 1. The van der Waals surface area contributed by atoms with E-state index in [0.717, 1.165) is 16.6 Å². The molecule has 1 amide bonds. The monoisotopic (exact) mass is 371 g/mol. The zero-order valence-electron chi connectivity index (χ0n) is 15.2. The molecule has 2 aromatic carbocycles. The average molecular weight is 371 g/mol. The number of hydrogen-bond donors (Lipinski definition) is 0. The van der Waals surface area contributed by atoms with Crippen molar-refractivity contribution in [3.63, 3.8) is 0 Å². The Morgan fingerprint density at radius 1 is 1.12 bits per heavy atom. The fourth-order valence-electron chi connectivity index (χ4n) is 2.62. The van der Waals surface area contributed by atoms with E-state index in [-0.39, 0.29) is 11.7 Å². The minimum Gasteiger partial charge on any atom is -0.308 e. The maximum atomic E-state index is 13.2. The second-order valence-corrected chi connectivity index (χ2v) is 7.43. The lowest BCUT2D eigenvalue weighted by Crippen LogP contribution is -2.36. The third kappa shape index (κ3) is 4.08. The number of rotatable bonds is 6. The zero-order chi connectivity index (χ0) is 18.7. The van der Waals surface area contributed by atoms with Crippen molar-refractivity contribution < 1.29 is 9.18 Å². The SMILES string of the molecule is CCc1ccc2nc(N(CCN(C)C)C(=O)c3ccc(F)cc3)sc2c1. The van der Waals surface area contributed by atoms with Crippen LogP contribution in [0.1, 0.15) is 22.8 Å². The number of nitrogens with zero attached hydrogens (tertiary/aromatic N) is 3. The predicted octanol–water partition coefficient (Wildman–Crippen LogP) is 4.21. The van der Waals surface area contributed by atoms with Gasteiger partial charge in [0.15, 0.2) is 5.13 Å². The summed E-state index contributed by atoms with van der Waals surface area (Å²) in [6.45, 7) is 3.34. The van der Waals surface area contributed by atoms with Gasteiger partial charge in [0.1, 0.15) is 5.82 Å². The second kappa shape index (κ2) is 7.93. The molecular formula is C20H22FN3OS. The Morgan fingerprint density at radius 3 is 2.50 bits per heavy atom. The van der Waals surface area contributed by atoms with Gasteiger partial charge in [-0.3, -0.25) is 9.69 Å². The van der Waals surface area contributed by atoms with Crippen molar-refractivity contribution >= 4 is 32.6 Å². The molecule has 0 spiro atoms. The first-order chi connectivity index (χ1) is 12.5. The highest BCUT2D eigenvalue weighted by Crippen LogP contribution is 2.30. The van der Waals surface area contributed by atoms with Crippen molar-refractivity contribution in [2.75, 3.05) is 32.1 Å². The molecule has 0 unspecified atom stereocenters. The van der Waals surface area contributed by atoms with Crippen LogP contribution in [0.25, 0.3) is 10.2 Å². The molecule has 26 heavy (non-hydrogen) atoms. The average Bonchev–Trinajstić information content (AvgIpc) is 3.04. The number of carbonyl (C=O) groups excluding carboxylic acids is 1. The Kier molecular flexibility index (Phi) is 5.64. The van der Waals surface area contributed by atoms with Crippen LogP contribution < -0.4 is 4.90 Å². The molecule has 1 heterocycles. The van der Waals surface area contributed by atoms with E-state index in [4.69, 9.17) is 0 Å². The number of likely N-dealkylation sites (N-methyl/N-ethyl adjacent to an activating group) is 1. The highest BCUT2D eigenvalue weighted by molar-refractivity contribution is 7.22. The van der Waals surface area contributed by atoms with Gasteiger partial charge < -0.3 is 4.90 Å². The Balaban J connectivity index is 1.97. The molecule has 3 rings (SSSR count). The number of anilines is 1. The summed E-state index contributed by atoms with van der Waals surface area (Å²) in [6, 6.07) is 11.8. The van der Waals surface area contributed by atoms with Crippen LogP contribution in [0.5, 0.6) is 0 Å². The number of aromatic nitrogens is 1. The number of halogens is 1. The van der Waals surface area contributed by atoms with Crippen LogP contribution in [0.4, 0.5) is 9.52 Å². The van der Waals surface area contributed by atoms with E-state index >= 15 is 0 Å². The van der Waals surface area contributed by atoms with Gasteiger partial charge in [-0.1, -0.05) is 24.3 Å². The predicted molar refractivity (Wildman–Crippen MR) is 106 cm³/mol. The molecule has 0 saturated carbocycles. The minimum absolute atomic E-state index is 0.165. The molecule has 0 aliphatic carbocycles. The second-order valence-electron chi connectivity index (χ2n) is 6.42. The number of fused-ring (bicyclic) bond motifs is 1. The molecule has 0 N–H and O–H groups in total. The third-order valence-corrected chi connectivity index (χ3v) is 5.23. The first kappa shape index (κ1) is 18.5. The van der Waals surface area contributed by atoms with Crippen molar-refractivity contribution in [3.8, 4) is 0 Å². The smallest absolute Gasteiger partial charge is 0.260 e. The first-order valence-corrected chi connectivity index (χ1v) is 9.41. The van der Waals surface area contributed by atoms with Gasteiger partial charge in [-0.25, -0.2) is 9.37 Å². The summed E-state index contributed by atoms with van der Waals surface area (Å²) in [6.07, 6.45) is 0.960. The summed E-state index contributed by atoms with van der Waals surface area (Å²) in [5, 5.41) is 0.671. The fraction of sp³-hybridized carbons (Fsp3) is 0.300. The van der Waals surface area contributed by atoms with Crippen molar-refractivity contribution in [2.45, 2.75) is 13.3 Å². The quantitative estimate of drug-likeness (QED) is 0.651. The largest absolute Gasteiger partial charge is 0.308 e. The van der Waals surface area contributed by atoms with Crippen molar-refractivity contribution in [1.82, 2.24) is 9.88 Å². The molecule has 3 aromatic rings. The number of thiazole rings is 1. The van der Waals surface area contributed by atoms with E-state index in [1.165, 1.54) is 41.2 Å². The van der Waals surface area contributed by atoms with Gasteiger partial charge in [0, 0.05) is 18.7 Å². The topological polar surface area (TPSA) is 36.4 Å². The Labute approximate surface area is 156 Å². The van der Waals surface area contributed by atoms with Gasteiger partial charge in [-0.2, -0.15) is 0 Å². The molecular weight excluding hydrogens is 349 g/mol. The van der Waals surface area contributed by atoms with Crippen LogP contribution in [0.3, 0.4) is 0 Å². The number of hydrogen-bond acceptors (Lipinski definition) is 4. The van der Waals surface area contributed by atoms with Crippen molar-refractivity contribution in [2.24, 2.45) is 0 Å². The van der Waals surface area contributed by atoms with Crippen molar-refractivity contribution in [1.29, 1.82) is 0 Å². The van der Waals surface area contributed by atoms with Crippen molar-refractivity contribution in [3.05, 3.63) is 59.4 Å². The highest BCUT2D eigenvalue weighted by atomic mass is 32.1. The maximum absolute atomic E-state index is 13.2. The maximum Gasteiger partial charge on any atom is 0.260 e. The Hall–Kier alpha value is -2.31. The molecule has 136 valence electrons. The van der Waals surface area contributed by atoms with E-state index in [9.17, 15) is 9.18 Å². The molecule has 0 aliphatic heterocycles. The van der Waals surface area contributed by atoms with Crippen LogP contribution in [0, 0.1) is 5.82 Å². The lowest BCUT2D eigenvalue weighted by molar-refractivity contribution is 0.0985. The molecule has 4 nitrogen and oxygen atoms in total. The molecule has 1 aromatic heterocycles. The molecule has 0 bridgehead atoms. The van der Waals surface area contributed by atoms with E-state index < -0.39 is 0 Å². The highest BCUT2D eigenvalue weighted by Gasteiger charge is 2.21. The zero-order valence-corrected chi connectivity index (χ0v) is 16.0. The van der Waals surface area contributed by atoms with Crippen LogP contribution in [-0.4, -0.2) is 43.0 Å². The minimum atomic E-state index is -0.353. The summed E-state index contributed by atoms with van der Waals surface area (Å²) in [7, 11) is 3.93. The fourth-order valence-corrected chi connectivity index (χ4v) is 3.68. The Bertz CT molecular complexity index is 905. The van der Waals surface area contributed by atoms with Crippen LogP contribution in [-0.2, 0) is 6.42 Å². The Morgan fingerprint density at radius 2 is 1.85 bits per heavy atom. The van der Waals surface area contributed by atoms with Crippen LogP contribution in [0.2, 0.25) is 0 Å². The van der Waals surface area contributed by atoms with Gasteiger partial charge in [-0.05, 0) is 62.5 Å².